The molecular weight excluding hydrogens is 316 g/mol. The lowest BCUT2D eigenvalue weighted by Crippen LogP contribution is -2.31. The lowest BCUT2D eigenvalue weighted by atomic mass is 9.93. The van der Waals surface area contributed by atoms with Crippen molar-refractivity contribution in [2.45, 2.75) is 63.9 Å². The number of rotatable bonds is 10. The average Bonchev–Trinajstić information content (AvgIpc) is 2.56. The number of carbonyl (C=O) groups is 1. The van der Waals surface area contributed by atoms with Gasteiger partial charge in [0.1, 0.15) is 17.2 Å². The zero-order chi connectivity index (χ0) is 18.3. The summed E-state index contributed by atoms with van der Waals surface area (Å²) in [5.74, 6) is 0.196. The van der Waals surface area contributed by atoms with Crippen molar-refractivity contribution in [3.05, 3.63) is 35.4 Å². The minimum atomic E-state index is -0.704. The first-order valence-electron chi connectivity index (χ1n) is 8.98. The molecule has 4 N–H and O–H groups in total. The molecule has 1 heterocycles. The molecule has 5 heteroatoms. The number of carboxylic acid groups (broad SMARTS) is 1. The van der Waals surface area contributed by atoms with Crippen molar-refractivity contribution in [3.8, 4) is 5.75 Å². The van der Waals surface area contributed by atoms with Crippen LogP contribution in [0.25, 0.3) is 6.08 Å². The van der Waals surface area contributed by atoms with E-state index in [9.17, 15) is 4.79 Å². The van der Waals surface area contributed by atoms with Gasteiger partial charge in [0, 0.05) is 17.5 Å². The number of nitrogen functional groups attached to an aromatic ring is 1. The first-order valence-corrected chi connectivity index (χ1v) is 8.98. The van der Waals surface area contributed by atoms with Gasteiger partial charge in [0.15, 0.2) is 0 Å². The van der Waals surface area contributed by atoms with Crippen LogP contribution in [0.2, 0.25) is 0 Å². The second-order valence-electron chi connectivity index (χ2n) is 6.93. The van der Waals surface area contributed by atoms with Crippen molar-refractivity contribution in [1.29, 1.82) is 5.41 Å². The maximum atomic E-state index is 10.4. The monoisotopic (exact) mass is 344 g/mol. The standard InChI is InChI=1S/C20H28N2O3/c1-20(12-7-5-3-2-4-6-8-18(23)24)13-11-15-14-16(19(21)22)9-10-17(15)25-20/h9-11,13-14H,2-8,12H2,1H3,(H3,21,22)(H,23,24). The van der Waals surface area contributed by atoms with Gasteiger partial charge in [-0.1, -0.05) is 31.8 Å². The van der Waals surface area contributed by atoms with Crippen LogP contribution in [0.4, 0.5) is 0 Å². The van der Waals surface area contributed by atoms with E-state index >= 15 is 0 Å². The Bertz CT molecular complexity index is 654. The average molecular weight is 344 g/mol. The molecule has 25 heavy (non-hydrogen) atoms. The summed E-state index contributed by atoms with van der Waals surface area (Å²) in [5.41, 5.74) is 6.90. The molecule has 0 saturated carbocycles. The van der Waals surface area contributed by atoms with Crippen molar-refractivity contribution in [1.82, 2.24) is 0 Å². The molecule has 0 spiro atoms. The summed E-state index contributed by atoms with van der Waals surface area (Å²) in [4.78, 5) is 10.4. The Morgan fingerprint density at radius 3 is 2.56 bits per heavy atom. The molecule has 1 aromatic carbocycles. The number of hydrogen-bond donors (Lipinski definition) is 3. The molecule has 1 unspecified atom stereocenters. The molecule has 0 radical (unpaired) electrons. The number of benzene rings is 1. The number of fused-ring (bicyclic) bond motifs is 1. The zero-order valence-corrected chi connectivity index (χ0v) is 14.9. The predicted molar refractivity (Wildman–Crippen MR) is 100 cm³/mol. The smallest absolute Gasteiger partial charge is 0.303 e. The lowest BCUT2D eigenvalue weighted by molar-refractivity contribution is -0.137. The molecule has 5 nitrogen and oxygen atoms in total. The van der Waals surface area contributed by atoms with Crippen LogP contribution in [0, 0.1) is 5.41 Å². The van der Waals surface area contributed by atoms with Crippen LogP contribution in [0.1, 0.15) is 69.4 Å². The van der Waals surface area contributed by atoms with Crippen molar-refractivity contribution < 1.29 is 14.6 Å². The number of unbranched alkanes of at least 4 members (excludes halogenated alkanes) is 5. The van der Waals surface area contributed by atoms with Crippen molar-refractivity contribution in [3.63, 3.8) is 0 Å². The van der Waals surface area contributed by atoms with Gasteiger partial charge in [0.25, 0.3) is 0 Å². The minimum Gasteiger partial charge on any atom is -0.483 e. The van der Waals surface area contributed by atoms with E-state index in [-0.39, 0.29) is 17.9 Å². The molecule has 0 amide bonds. The Morgan fingerprint density at radius 2 is 1.88 bits per heavy atom. The largest absolute Gasteiger partial charge is 0.483 e. The van der Waals surface area contributed by atoms with Gasteiger partial charge in [0.05, 0.1) is 0 Å². The van der Waals surface area contributed by atoms with E-state index in [1.807, 2.05) is 18.2 Å². The molecule has 2 rings (SSSR count). The van der Waals surface area contributed by atoms with E-state index in [2.05, 4.69) is 19.1 Å². The first-order chi connectivity index (χ1) is 11.9. The molecule has 1 aliphatic heterocycles. The van der Waals surface area contributed by atoms with Crippen LogP contribution in [0.5, 0.6) is 5.75 Å². The Balaban J connectivity index is 1.73. The third kappa shape index (κ3) is 5.93. The molecule has 0 fully saturated rings. The molecule has 0 saturated heterocycles. The summed E-state index contributed by atoms with van der Waals surface area (Å²) in [6.07, 6.45) is 11.6. The SMILES string of the molecule is CC1(CCCCCCCCC(=O)O)C=Cc2cc(C(=N)N)ccc2O1. The van der Waals surface area contributed by atoms with Gasteiger partial charge in [-0.3, -0.25) is 10.2 Å². The number of nitrogens with one attached hydrogen (secondary N) is 1. The highest BCUT2D eigenvalue weighted by Crippen LogP contribution is 2.34. The van der Waals surface area contributed by atoms with E-state index in [4.69, 9.17) is 21.0 Å². The van der Waals surface area contributed by atoms with Crippen LogP contribution >= 0.6 is 0 Å². The van der Waals surface area contributed by atoms with Gasteiger partial charge in [-0.05, 0) is 50.5 Å². The Morgan fingerprint density at radius 1 is 1.20 bits per heavy atom. The van der Waals surface area contributed by atoms with E-state index in [1.54, 1.807) is 0 Å². The Hall–Kier alpha value is -2.30. The Kier molecular flexibility index (Phi) is 6.62. The molecule has 0 bridgehead atoms. The minimum absolute atomic E-state index is 0.0629. The highest BCUT2D eigenvalue weighted by Gasteiger charge is 2.26. The van der Waals surface area contributed by atoms with Crippen LogP contribution in [0.3, 0.4) is 0 Å². The lowest BCUT2D eigenvalue weighted by Gasteiger charge is -2.32. The van der Waals surface area contributed by atoms with Gasteiger partial charge < -0.3 is 15.6 Å². The quantitative estimate of drug-likeness (QED) is 0.334. The number of hydrogen-bond acceptors (Lipinski definition) is 3. The molecule has 0 aliphatic carbocycles. The van der Waals surface area contributed by atoms with Crippen molar-refractivity contribution in [2.24, 2.45) is 5.73 Å². The summed E-state index contributed by atoms with van der Waals surface area (Å²) >= 11 is 0. The number of ether oxygens (including phenoxy) is 1. The fourth-order valence-corrected chi connectivity index (χ4v) is 3.08. The van der Waals surface area contributed by atoms with Gasteiger partial charge in [-0.2, -0.15) is 0 Å². The number of amidine groups is 1. The highest BCUT2D eigenvalue weighted by molar-refractivity contribution is 5.95. The maximum absolute atomic E-state index is 10.4. The third-order valence-corrected chi connectivity index (χ3v) is 4.59. The van der Waals surface area contributed by atoms with Gasteiger partial charge in [0.2, 0.25) is 0 Å². The summed E-state index contributed by atoms with van der Waals surface area (Å²) < 4.78 is 6.16. The number of aliphatic carboxylic acids is 1. The van der Waals surface area contributed by atoms with Crippen LogP contribution in [0.15, 0.2) is 24.3 Å². The van der Waals surface area contributed by atoms with Crippen LogP contribution in [-0.4, -0.2) is 22.5 Å². The van der Waals surface area contributed by atoms with E-state index in [1.165, 1.54) is 0 Å². The highest BCUT2D eigenvalue weighted by atomic mass is 16.5. The second kappa shape index (κ2) is 8.70. The number of carboxylic acids is 1. The fourth-order valence-electron chi connectivity index (χ4n) is 3.08. The van der Waals surface area contributed by atoms with Gasteiger partial charge >= 0.3 is 5.97 Å². The third-order valence-electron chi connectivity index (χ3n) is 4.59. The predicted octanol–water partition coefficient (Wildman–Crippen LogP) is 4.34. The topological polar surface area (TPSA) is 96.4 Å². The molecule has 1 aromatic rings. The first kappa shape index (κ1) is 19.0. The van der Waals surface area contributed by atoms with Gasteiger partial charge in [-0.15, -0.1) is 0 Å². The van der Waals surface area contributed by atoms with E-state index in [0.29, 0.717) is 5.56 Å². The zero-order valence-electron chi connectivity index (χ0n) is 14.9. The van der Waals surface area contributed by atoms with Crippen LogP contribution in [-0.2, 0) is 4.79 Å². The van der Waals surface area contributed by atoms with E-state index < -0.39 is 5.97 Å². The summed E-state index contributed by atoms with van der Waals surface area (Å²) in [6.45, 7) is 2.10. The summed E-state index contributed by atoms with van der Waals surface area (Å²) in [7, 11) is 0. The van der Waals surface area contributed by atoms with Crippen molar-refractivity contribution >= 4 is 17.9 Å². The fraction of sp³-hybridized carbons (Fsp3) is 0.500. The number of nitrogens with two attached hydrogens (primary N) is 1. The van der Waals surface area contributed by atoms with Gasteiger partial charge in [-0.25, -0.2) is 0 Å². The summed E-state index contributed by atoms with van der Waals surface area (Å²) in [6, 6.07) is 5.58. The molecule has 136 valence electrons. The second-order valence-corrected chi connectivity index (χ2v) is 6.93. The Labute approximate surface area is 149 Å². The normalized spacial score (nSPS) is 18.4. The molecular formula is C20H28N2O3. The molecule has 1 aliphatic rings. The maximum Gasteiger partial charge on any atom is 0.303 e. The van der Waals surface area contributed by atoms with Crippen molar-refractivity contribution in [2.75, 3.05) is 0 Å². The molecule has 1 atom stereocenters. The van der Waals surface area contributed by atoms with E-state index in [0.717, 1.165) is 56.3 Å². The summed E-state index contributed by atoms with van der Waals surface area (Å²) in [5, 5.41) is 16.1. The van der Waals surface area contributed by atoms with Crippen LogP contribution < -0.4 is 10.5 Å². The molecule has 0 aromatic heterocycles.